The van der Waals surface area contributed by atoms with E-state index < -0.39 is 12.0 Å². The van der Waals surface area contributed by atoms with Gasteiger partial charge in [0, 0.05) is 11.1 Å². The van der Waals surface area contributed by atoms with Crippen LogP contribution in [0.25, 0.3) is 0 Å². The molecular weight excluding hydrogens is 368 g/mol. The summed E-state index contributed by atoms with van der Waals surface area (Å²) in [7, 11) is 2.90. The van der Waals surface area contributed by atoms with E-state index >= 15 is 0 Å². The van der Waals surface area contributed by atoms with Crippen molar-refractivity contribution in [2.45, 2.75) is 49.1 Å². The summed E-state index contributed by atoms with van der Waals surface area (Å²) in [5.74, 6) is -1.35. The standard InChI is InChI=1S/C19H22N2O3S2/c1-3-4-9-14(19(23)24)21-18(22)17-13(2)8-7-10-15(17)25-26-16-11-5-6-12-20-16/h5-8,10-12,14H,3-4,9H2,1-2H3,(H,21,22)(H,23,24). The highest BCUT2D eigenvalue weighted by molar-refractivity contribution is 8.76. The third kappa shape index (κ3) is 5.78. The molecule has 2 aromatic rings. The van der Waals surface area contributed by atoms with Crippen LogP contribution in [0.5, 0.6) is 0 Å². The lowest BCUT2D eigenvalue weighted by atomic mass is 10.1. The fourth-order valence-corrected chi connectivity index (χ4v) is 4.50. The topological polar surface area (TPSA) is 79.3 Å². The van der Waals surface area contributed by atoms with Crippen LogP contribution in [0, 0.1) is 6.92 Å². The molecule has 138 valence electrons. The van der Waals surface area contributed by atoms with Gasteiger partial charge in [-0.25, -0.2) is 9.78 Å². The van der Waals surface area contributed by atoms with Gasteiger partial charge >= 0.3 is 5.97 Å². The second kappa shape index (κ2) is 10.2. The molecule has 26 heavy (non-hydrogen) atoms. The van der Waals surface area contributed by atoms with Gasteiger partial charge in [-0.05, 0) is 47.9 Å². The van der Waals surface area contributed by atoms with Crippen molar-refractivity contribution in [3.8, 4) is 0 Å². The van der Waals surface area contributed by atoms with Gasteiger partial charge in [-0.1, -0.05) is 48.8 Å². The van der Waals surface area contributed by atoms with Crippen molar-refractivity contribution >= 4 is 33.5 Å². The minimum Gasteiger partial charge on any atom is -0.480 e. The van der Waals surface area contributed by atoms with Crippen LogP contribution in [0.2, 0.25) is 0 Å². The van der Waals surface area contributed by atoms with Gasteiger partial charge in [0.05, 0.1) is 5.56 Å². The maximum Gasteiger partial charge on any atom is 0.326 e. The summed E-state index contributed by atoms with van der Waals surface area (Å²) in [6.07, 6.45) is 3.78. The molecule has 0 aliphatic carbocycles. The van der Waals surface area contributed by atoms with Gasteiger partial charge in [0.1, 0.15) is 11.1 Å². The predicted octanol–water partition coefficient (Wildman–Crippen LogP) is 4.56. The first-order chi connectivity index (χ1) is 12.5. The molecule has 1 amide bonds. The van der Waals surface area contributed by atoms with Crippen molar-refractivity contribution in [1.82, 2.24) is 10.3 Å². The van der Waals surface area contributed by atoms with Gasteiger partial charge in [0.25, 0.3) is 5.91 Å². The number of aryl methyl sites for hydroxylation is 1. The van der Waals surface area contributed by atoms with Gasteiger partial charge in [0.15, 0.2) is 0 Å². The second-order valence-electron chi connectivity index (χ2n) is 5.79. The molecule has 1 atom stereocenters. The average Bonchev–Trinajstić information content (AvgIpc) is 2.63. The number of aliphatic carboxylic acids is 1. The number of aromatic nitrogens is 1. The summed E-state index contributed by atoms with van der Waals surface area (Å²) >= 11 is 0. The third-order valence-electron chi connectivity index (χ3n) is 3.77. The van der Waals surface area contributed by atoms with Crippen molar-refractivity contribution in [3.63, 3.8) is 0 Å². The van der Waals surface area contributed by atoms with Crippen LogP contribution in [0.4, 0.5) is 0 Å². The van der Waals surface area contributed by atoms with E-state index in [0.29, 0.717) is 12.0 Å². The van der Waals surface area contributed by atoms with E-state index in [1.165, 1.54) is 21.6 Å². The van der Waals surface area contributed by atoms with E-state index in [9.17, 15) is 14.7 Å². The molecule has 0 aliphatic rings. The highest BCUT2D eigenvalue weighted by Crippen LogP contribution is 2.38. The molecule has 1 heterocycles. The van der Waals surface area contributed by atoms with E-state index in [2.05, 4.69) is 10.3 Å². The number of carboxylic acid groups (broad SMARTS) is 1. The number of carbonyl (C=O) groups is 2. The SMILES string of the molecule is CCCCC(NC(=O)c1c(C)cccc1SSc1ccccn1)C(=O)O. The summed E-state index contributed by atoms with van der Waals surface area (Å²) in [5.41, 5.74) is 1.33. The smallest absolute Gasteiger partial charge is 0.326 e. The number of nitrogens with one attached hydrogen (secondary N) is 1. The molecule has 0 fully saturated rings. The molecule has 7 heteroatoms. The van der Waals surface area contributed by atoms with Gasteiger partial charge < -0.3 is 10.4 Å². The van der Waals surface area contributed by atoms with Crippen LogP contribution in [0.15, 0.2) is 52.5 Å². The molecule has 0 aliphatic heterocycles. The number of benzene rings is 1. The number of nitrogens with zero attached hydrogens (tertiary/aromatic N) is 1. The number of rotatable bonds is 9. The van der Waals surface area contributed by atoms with Crippen LogP contribution >= 0.6 is 21.6 Å². The first-order valence-corrected chi connectivity index (χ1v) is 10.6. The largest absolute Gasteiger partial charge is 0.480 e. The van der Waals surface area contributed by atoms with E-state index in [0.717, 1.165) is 28.3 Å². The van der Waals surface area contributed by atoms with Gasteiger partial charge in [0.2, 0.25) is 0 Å². The fraction of sp³-hybridized carbons (Fsp3) is 0.316. The zero-order chi connectivity index (χ0) is 18.9. The lowest BCUT2D eigenvalue weighted by Crippen LogP contribution is -2.41. The van der Waals surface area contributed by atoms with E-state index in [-0.39, 0.29) is 5.91 Å². The first-order valence-electron chi connectivity index (χ1n) is 8.41. The number of hydrogen-bond donors (Lipinski definition) is 2. The molecule has 1 aromatic carbocycles. The summed E-state index contributed by atoms with van der Waals surface area (Å²) in [4.78, 5) is 29.2. The fourth-order valence-electron chi connectivity index (χ4n) is 2.38. The molecule has 0 saturated heterocycles. The van der Waals surface area contributed by atoms with Crippen molar-refractivity contribution < 1.29 is 14.7 Å². The number of pyridine rings is 1. The maximum atomic E-state index is 12.8. The van der Waals surface area contributed by atoms with E-state index in [4.69, 9.17) is 0 Å². The highest BCUT2D eigenvalue weighted by atomic mass is 33.1. The second-order valence-corrected chi connectivity index (χ2v) is 7.98. The van der Waals surface area contributed by atoms with Gasteiger partial charge in [-0.2, -0.15) is 0 Å². The Morgan fingerprint density at radius 2 is 2.00 bits per heavy atom. The van der Waals surface area contributed by atoms with Crippen molar-refractivity contribution in [3.05, 3.63) is 53.7 Å². The summed E-state index contributed by atoms with van der Waals surface area (Å²) in [6, 6.07) is 10.4. The Morgan fingerprint density at radius 3 is 2.65 bits per heavy atom. The summed E-state index contributed by atoms with van der Waals surface area (Å²) in [6.45, 7) is 3.85. The number of carboxylic acids is 1. The molecule has 0 saturated carbocycles. The van der Waals surface area contributed by atoms with Crippen LogP contribution in [-0.2, 0) is 4.79 Å². The summed E-state index contributed by atoms with van der Waals surface area (Å²) in [5, 5.41) is 12.9. The minimum atomic E-state index is -1.00. The molecule has 2 rings (SSSR count). The van der Waals surface area contributed by atoms with Crippen LogP contribution in [0.1, 0.15) is 42.1 Å². The number of amides is 1. The van der Waals surface area contributed by atoms with Crippen LogP contribution in [-0.4, -0.2) is 28.0 Å². The molecule has 0 spiro atoms. The Morgan fingerprint density at radius 1 is 1.19 bits per heavy atom. The zero-order valence-corrected chi connectivity index (χ0v) is 16.4. The van der Waals surface area contributed by atoms with Crippen LogP contribution < -0.4 is 5.32 Å². The molecule has 2 N–H and O–H groups in total. The van der Waals surface area contributed by atoms with Gasteiger partial charge in [-0.3, -0.25) is 4.79 Å². The Hall–Kier alpha value is -1.99. The molecular formula is C19H22N2O3S2. The first kappa shape index (κ1) is 20.3. The van der Waals surface area contributed by atoms with Crippen molar-refractivity contribution in [2.24, 2.45) is 0 Å². The molecule has 0 bridgehead atoms. The molecule has 5 nitrogen and oxygen atoms in total. The monoisotopic (exact) mass is 390 g/mol. The number of hydrogen-bond acceptors (Lipinski definition) is 5. The van der Waals surface area contributed by atoms with Crippen molar-refractivity contribution in [2.75, 3.05) is 0 Å². The predicted molar refractivity (Wildman–Crippen MR) is 106 cm³/mol. The zero-order valence-electron chi connectivity index (χ0n) is 14.8. The van der Waals surface area contributed by atoms with E-state index in [1.54, 1.807) is 6.20 Å². The quantitative estimate of drug-likeness (QED) is 0.611. The average molecular weight is 391 g/mol. The Balaban J connectivity index is 2.16. The lowest BCUT2D eigenvalue weighted by molar-refractivity contribution is -0.139. The minimum absolute atomic E-state index is 0.351. The number of unbranched alkanes of at least 4 members (excludes halogenated alkanes) is 1. The molecule has 1 unspecified atom stereocenters. The van der Waals surface area contributed by atoms with Crippen LogP contribution in [0.3, 0.4) is 0 Å². The lowest BCUT2D eigenvalue weighted by Gasteiger charge is -2.17. The molecule has 1 aromatic heterocycles. The third-order valence-corrected chi connectivity index (χ3v) is 6.08. The maximum absolute atomic E-state index is 12.8. The molecule has 0 radical (unpaired) electrons. The highest BCUT2D eigenvalue weighted by Gasteiger charge is 2.23. The summed E-state index contributed by atoms with van der Waals surface area (Å²) < 4.78 is 0. The Kier molecular flexibility index (Phi) is 8.00. The van der Waals surface area contributed by atoms with E-state index in [1.807, 2.05) is 50.2 Å². The Bertz CT molecular complexity index is 754. The van der Waals surface area contributed by atoms with Gasteiger partial charge in [-0.15, -0.1) is 0 Å². The Labute approximate surface area is 161 Å². The van der Waals surface area contributed by atoms with Crippen molar-refractivity contribution in [1.29, 1.82) is 0 Å². The number of carbonyl (C=O) groups excluding carboxylic acids is 1. The normalized spacial score (nSPS) is 11.8.